The second-order valence-electron chi connectivity index (χ2n) is 6.79. The van der Waals surface area contributed by atoms with Crippen LogP contribution in [0.4, 0.5) is 0 Å². The Labute approximate surface area is 161 Å². The highest BCUT2D eigenvalue weighted by molar-refractivity contribution is 6.13. The molecular weight excluding hydrogens is 348 g/mol. The summed E-state index contributed by atoms with van der Waals surface area (Å²) >= 11 is 0. The molecule has 0 saturated heterocycles. The number of hydrogen-bond donors (Lipinski definition) is 0. The van der Waals surface area contributed by atoms with E-state index in [0.29, 0.717) is 5.95 Å². The lowest BCUT2D eigenvalue weighted by atomic mass is 9.97. The minimum Gasteiger partial charge on any atom is -0.202 e. The fourth-order valence-electron chi connectivity index (χ4n) is 3.58. The molecule has 0 amide bonds. The molecule has 2 aromatic heterocycles. The van der Waals surface area contributed by atoms with Gasteiger partial charge in [0.15, 0.2) is 0 Å². The van der Waals surface area contributed by atoms with Crippen molar-refractivity contribution in [2.24, 2.45) is 5.10 Å². The molecule has 0 atom stereocenters. The van der Waals surface area contributed by atoms with Crippen LogP contribution in [0.25, 0.3) is 27.5 Å². The molecule has 0 aliphatic carbocycles. The lowest BCUT2D eigenvalue weighted by Gasteiger charge is -2.08. The van der Waals surface area contributed by atoms with Crippen LogP contribution in [0.1, 0.15) is 17.0 Å². The summed E-state index contributed by atoms with van der Waals surface area (Å²) in [4.78, 5) is 0. The maximum Gasteiger partial charge on any atom is 0.273 e. The van der Waals surface area contributed by atoms with Crippen LogP contribution in [0.2, 0.25) is 0 Å². The Bertz CT molecular complexity index is 1290. The van der Waals surface area contributed by atoms with Crippen molar-refractivity contribution in [3.8, 4) is 5.95 Å². The van der Waals surface area contributed by atoms with E-state index in [1.165, 1.54) is 10.8 Å². The molecule has 5 aromatic rings. The number of aryl methyl sites for hydroxylation is 2. The van der Waals surface area contributed by atoms with E-state index in [9.17, 15) is 0 Å². The molecule has 0 spiro atoms. The quantitative estimate of drug-likeness (QED) is 0.354. The topological polar surface area (TPSA) is 60.9 Å². The number of aromatic nitrogens is 5. The zero-order valence-electron chi connectivity index (χ0n) is 15.6. The molecular formula is C22H18N6. The van der Waals surface area contributed by atoms with Crippen LogP contribution < -0.4 is 0 Å². The van der Waals surface area contributed by atoms with Gasteiger partial charge in [0.1, 0.15) is 6.33 Å². The van der Waals surface area contributed by atoms with Gasteiger partial charge in [-0.25, -0.2) is 4.68 Å². The maximum atomic E-state index is 4.67. The lowest BCUT2D eigenvalue weighted by molar-refractivity contribution is 0.717. The maximum absolute atomic E-state index is 4.67. The molecule has 2 heterocycles. The van der Waals surface area contributed by atoms with E-state index in [2.05, 4.69) is 75.0 Å². The van der Waals surface area contributed by atoms with Crippen molar-refractivity contribution in [3.05, 3.63) is 83.9 Å². The molecule has 28 heavy (non-hydrogen) atoms. The Balaban J connectivity index is 1.68. The zero-order valence-corrected chi connectivity index (χ0v) is 15.6. The fraction of sp³-hybridized carbons (Fsp3) is 0.0909. The third-order valence-electron chi connectivity index (χ3n) is 4.84. The Kier molecular flexibility index (Phi) is 3.76. The molecule has 6 heteroatoms. The average molecular weight is 366 g/mol. The largest absolute Gasteiger partial charge is 0.273 e. The lowest BCUT2D eigenvalue weighted by Crippen LogP contribution is -2.06. The van der Waals surface area contributed by atoms with Gasteiger partial charge in [0.25, 0.3) is 5.95 Å². The SMILES string of the molecule is Cc1cc(C)n(-c2nncn2/N=C\c2c3ccccc3cc3ccccc23)n1. The Morgan fingerprint density at radius 3 is 2.21 bits per heavy atom. The molecule has 5 rings (SSSR count). The summed E-state index contributed by atoms with van der Waals surface area (Å²) in [6.45, 7) is 3.94. The Hall–Kier alpha value is -3.80. The molecule has 0 aliphatic heterocycles. The zero-order chi connectivity index (χ0) is 19.1. The fourth-order valence-corrected chi connectivity index (χ4v) is 3.58. The Morgan fingerprint density at radius 1 is 0.893 bits per heavy atom. The molecule has 0 bridgehead atoms. The summed E-state index contributed by atoms with van der Waals surface area (Å²) in [5.41, 5.74) is 2.98. The molecule has 136 valence electrons. The second kappa shape index (κ2) is 6.42. The van der Waals surface area contributed by atoms with Gasteiger partial charge in [-0.2, -0.15) is 14.9 Å². The molecule has 0 radical (unpaired) electrons. The van der Waals surface area contributed by atoms with E-state index in [4.69, 9.17) is 0 Å². The van der Waals surface area contributed by atoms with E-state index >= 15 is 0 Å². The Morgan fingerprint density at radius 2 is 1.57 bits per heavy atom. The van der Waals surface area contributed by atoms with E-state index < -0.39 is 0 Å². The van der Waals surface area contributed by atoms with E-state index in [0.717, 1.165) is 27.7 Å². The van der Waals surface area contributed by atoms with Gasteiger partial charge in [-0.05, 0) is 47.5 Å². The summed E-state index contributed by atoms with van der Waals surface area (Å²) in [5.74, 6) is 0.561. The van der Waals surface area contributed by atoms with Crippen molar-refractivity contribution in [1.29, 1.82) is 0 Å². The number of rotatable bonds is 3. The van der Waals surface area contributed by atoms with Gasteiger partial charge in [0, 0.05) is 11.3 Å². The molecule has 0 fully saturated rings. The first-order valence-corrected chi connectivity index (χ1v) is 9.09. The highest BCUT2D eigenvalue weighted by Crippen LogP contribution is 2.27. The third-order valence-corrected chi connectivity index (χ3v) is 4.84. The molecule has 0 unspecified atom stereocenters. The monoisotopic (exact) mass is 366 g/mol. The normalized spacial score (nSPS) is 11.8. The van der Waals surface area contributed by atoms with Crippen LogP contribution in [-0.4, -0.2) is 30.9 Å². The standard InChI is InChI=1S/C22H18N6/c1-15-11-16(2)28(26-15)22-25-23-14-27(22)24-13-21-19-9-5-3-7-17(19)12-18-8-4-6-10-20(18)21/h3-14H,1-2H3/b24-13-. The van der Waals surface area contributed by atoms with Crippen LogP contribution >= 0.6 is 0 Å². The van der Waals surface area contributed by atoms with Crippen LogP contribution in [-0.2, 0) is 0 Å². The summed E-state index contributed by atoms with van der Waals surface area (Å²) < 4.78 is 3.40. The number of nitrogens with zero attached hydrogens (tertiary/aromatic N) is 6. The number of hydrogen-bond acceptors (Lipinski definition) is 4. The van der Waals surface area contributed by atoms with Crippen molar-refractivity contribution in [3.63, 3.8) is 0 Å². The molecule has 0 aliphatic rings. The minimum absolute atomic E-state index is 0.561. The average Bonchev–Trinajstić information content (AvgIpc) is 3.30. The smallest absolute Gasteiger partial charge is 0.202 e. The second-order valence-corrected chi connectivity index (χ2v) is 6.79. The third kappa shape index (κ3) is 2.66. The first-order chi connectivity index (χ1) is 13.7. The van der Waals surface area contributed by atoms with Crippen LogP contribution in [0.5, 0.6) is 0 Å². The first kappa shape index (κ1) is 16.4. The summed E-state index contributed by atoms with van der Waals surface area (Å²) in [5, 5.41) is 22.1. The van der Waals surface area contributed by atoms with Gasteiger partial charge >= 0.3 is 0 Å². The van der Waals surface area contributed by atoms with E-state index in [-0.39, 0.29) is 0 Å². The van der Waals surface area contributed by atoms with Crippen molar-refractivity contribution >= 4 is 27.8 Å². The van der Waals surface area contributed by atoms with Gasteiger partial charge in [0.2, 0.25) is 0 Å². The van der Waals surface area contributed by atoms with E-state index in [1.807, 2.05) is 26.1 Å². The molecule has 3 aromatic carbocycles. The predicted molar refractivity (Wildman–Crippen MR) is 111 cm³/mol. The summed E-state index contributed by atoms with van der Waals surface area (Å²) in [7, 11) is 0. The van der Waals surface area contributed by atoms with Crippen molar-refractivity contribution in [2.75, 3.05) is 0 Å². The molecule has 0 saturated carbocycles. The molecule has 6 nitrogen and oxygen atoms in total. The van der Waals surface area contributed by atoms with Gasteiger partial charge in [-0.1, -0.05) is 48.5 Å². The van der Waals surface area contributed by atoms with Gasteiger partial charge < -0.3 is 0 Å². The van der Waals surface area contributed by atoms with Crippen LogP contribution in [0.3, 0.4) is 0 Å². The van der Waals surface area contributed by atoms with Gasteiger partial charge in [-0.15, -0.1) is 10.2 Å². The predicted octanol–water partition coefficient (Wildman–Crippen LogP) is 4.27. The number of benzene rings is 3. The molecule has 0 N–H and O–H groups in total. The van der Waals surface area contributed by atoms with Gasteiger partial charge in [-0.3, -0.25) is 0 Å². The number of fused-ring (bicyclic) bond motifs is 2. The van der Waals surface area contributed by atoms with Crippen molar-refractivity contribution in [1.82, 2.24) is 24.7 Å². The summed E-state index contributed by atoms with van der Waals surface area (Å²) in [6, 6.07) is 20.9. The van der Waals surface area contributed by atoms with Gasteiger partial charge in [0.05, 0.1) is 11.9 Å². The van der Waals surface area contributed by atoms with E-state index in [1.54, 1.807) is 15.7 Å². The summed E-state index contributed by atoms with van der Waals surface area (Å²) in [6.07, 6.45) is 3.47. The first-order valence-electron chi connectivity index (χ1n) is 9.09. The highest BCUT2D eigenvalue weighted by atomic mass is 15.5. The van der Waals surface area contributed by atoms with Crippen LogP contribution in [0, 0.1) is 13.8 Å². The van der Waals surface area contributed by atoms with Crippen molar-refractivity contribution in [2.45, 2.75) is 13.8 Å². The highest BCUT2D eigenvalue weighted by Gasteiger charge is 2.11. The minimum atomic E-state index is 0.561. The van der Waals surface area contributed by atoms with Crippen LogP contribution in [0.15, 0.2) is 72.1 Å². The van der Waals surface area contributed by atoms with Crippen molar-refractivity contribution < 1.29 is 0 Å².